The maximum atomic E-state index is 11.4. The average Bonchev–Trinajstić information content (AvgIpc) is 2.01. The first kappa shape index (κ1) is 12.7. The lowest BCUT2D eigenvalue weighted by atomic mass is 10.2. The molecule has 0 fully saturated rings. The number of ether oxygens (including phenoxy) is 1. The molecule has 0 saturated carbocycles. The van der Waals surface area contributed by atoms with Crippen molar-refractivity contribution in [3.05, 3.63) is 0 Å². The second kappa shape index (κ2) is 4.83. The molecule has 0 spiro atoms. The first-order valence-electron chi connectivity index (χ1n) is 4.54. The fourth-order valence-electron chi connectivity index (χ4n) is 0.808. The Kier molecular flexibility index (Phi) is 4.40. The Labute approximate surface area is 84.4 Å². The number of imide groups is 1. The summed E-state index contributed by atoms with van der Waals surface area (Å²) in [5.41, 5.74) is -0.585. The van der Waals surface area contributed by atoms with Crippen molar-refractivity contribution in [3.63, 3.8) is 0 Å². The van der Waals surface area contributed by atoms with Crippen LogP contribution >= 0.6 is 0 Å². The molecule has 0 bridgehead atoms. The van der Waals surface area contributed by atoms with Crippen LogP contribution in [0.3, 0.4) is 0 Å². The quantitative estimate of drug-likeness (QED) is 0.702. The van der Waals surface area contributed by atoms with Crippen LogP contribution in [-0.2, 0) is 4.74 Å². The van der Waals surface area contributed by atoms with Gasteiger partial charge in [0, 0.05) is 13.6 Å². The Morgan fingerprint density at radius 3 is 2.14 bits per heavy atom. The highest BCUT2D eigenvalue weighted by atomic mass is 16.6. The van der Waals surface area contributed by atoms with E-state index in [4.69, 9.17) is 4.74 Å². The van der Waals surface area contributed by atoms with Crippen molar-refractivity contribution in [1.29, 1.82) is 0 Å². The predicted molar refractivity (Wildman–Crippen MR) is 53.1 cm³/mol. The van der Waals surface area contributed by atoms with Gasteiger partial charge in [0.1, 0.15) is 5.60 Å². The van der Waals surface area contributed by atoms with Crippen molar-refractivity contribution < 1.29 is 14.3 Å². The molecule has 0 aliphatic heterocycles. The lowest BCUT2D eigenvalue weighted by molar-refractivity contribution is 0.0331. The van der Waals surface area contributed by atoms with Gasteiger partial charge in [-0.1, -0.05) is 0 Å². The number of amides is 3. The van der Waals surface area contributed by atoms with Crippen LogP contribution in [-0.4, -0.2) is 36.2 Å². The number of nitrogens with one attached hydrogen (secondary N) is 1. The molecule has 0 aromatic carbocycles. The second-order valence-corrected chi connectivity index (χ2v) is 3.78. The third kappa shape index (κ3) is 4.11. The molecule has 0 aromatic heterocycles. The van der Waals surface area contributed by atoms with Crippen LogP contribution in [0, 0.1) is 0 Å². The lowest BCUT2D eigenvalue weighted by Gasteiger charge is -2.24. The number of urea groups is 1. The molecule has 0 aliphatic rings. The molecule has 1 N–H and O–H groups in total. The fraction of sp³-hybridized carbons (Fsp3) is 0.778. The normalized spacial score (nSPS) is 10.6. The largest absolute Gasteiger partial charge is 0.443 e. The topological polar surface area (TPSA) is 58.6 Å². The zero-order chi connectivity index (χ0) is 11.4. The monoisotopic (exact) mass is 202 g/mol. The van der Waals surface area contributed by atoms with Crippen molar-refractivity contribution in [3.8, 4) is 0 Å². The first-order chi connectivity index (χ1) is 6.31. The van der Waals surface area contributed by atoms with Crippen LogP contribution in [0.5, 0.6) is 0 Å². The standard InChI is InChI=1S/C9H18N2O3/c1-6-11(7(12)10-5)8(13)14-9(2,3)4/h6H2,1-5H3,(H,10,12). The van der Waals surface area contributed by atoms with Crippen LogP contribution in [0.1, 0.15) is 27.7 Å². The Balaban J connectivity index is 4.40. The van der Waals surface area contributed by atoms with Crippen LogP contribution in [0.2, 0.25) is 0 Å². The van der Waals surface area contributed by atoms with Gasteiger partial charge in [-0.25, -0.2) is 14.5 Å². The molecule has 14 heavy (non-hydrogen) atoms. The zero-order valence-corrected chi connectivity index (χ0v) is 9.38. The molecule has 0 unspecified atom stereocenters. The molecule has 0 radical (unpaired) electrons. The van der Waals surface area contributed by atoms with Gasteiger partial charge in [0.15, 0.2) is 0 Å². The van der Waals surface area contributed by atoms with E-state index in [1.807, 2.05) is 0 Å². The van der Waals surface area contributed by atoms with Gasteiger partial charge in [0.2, 0.25) is 0 Å². The van der Waals surface area contributed by atoms with E-state index in [1.54, 1.807) is 27.7 Å². The fourth-order valence-corrected chi connectivity index (χ4v) is 0.808. The third-order valence-corrected chi connectivity index (χ3v) is 1.39. The summed E-state index contributed by atoms with van der Waals surface area (Å²) >= 11 is 0. The van der Waals surface area contributed by atoms with Crippen molar-refractivity contribution in [1.82, 2.24) is 10.2 Å². The van der Waals surface area contributed by atoms with Gasteiger partial charge in [0.05, 0.1) is 0 Å². The highest BCUT2D eigenvalue weighted by Crippen LogP contribution is 2.09. The van der Waals surface area contributed by atoms with Gasteiger partial charge in [0.25, 0.3) is 0 Å². The highest BCUT2D eigenvalue weighted by molar-refractivity contribution is 5.90. The molecule has 82 valence electrons. The number of hydrogen-bond donors (Lipinski definition) is 1. The maximum Gasteiger partial charge on any atom is 0.418 e. The molecule has 0 heterocycles. The van der Waals surface area contributed by atoms with E-state index in [2.05, 4.69) is 5.32 Å². The smallest absolute Gasteiger partial charge is 0.418 e. The van der Waals surface area contributed by atoms with E-state index in [0.29, 0.717) is 0 Å². The van der Waals surface area contributed by atoms with Crippen LogP contribution in [0.15, 0.2) is 0 Å². The summed E-state index contributed by atoms with van der Waals surface area (Å²) in [5, 5.41) is 2.37. The van der Waals surface area contributed by atoms with E-state index in [1.165, 1.54) is 7.05 Å². The Hall–Kier alpha value is -1.26. The average molecular weight is 202 g/mol. The van der Waals surface area contributed by atoms with E-state index < -0.39 is 17.7 Å². The molecule has 0 aliphatic carbocycles. The molecule has 0 saturated heterocycles. The molecular formula is C9H18N2O3. The third-order valence-electron chi connectivity index (χ3n) is 1.39. The molecule has 3 amide bonds. The Bertz CT molecular complexity index is 221. The van der Waals surface area contributed by atoms with Crippen molar-refractivity contribution in [2.24, 2.45) is 0 Å². The van der Waals surface area contributed by atoms with Crippen LogP contribution in [0.25, 0.3) is 0 Å². The molecule has 5 heteroatoms. The Morgan fingerprint density at radius 2 is 1.86 bits per heavy atom. The van der Waals surface area contributed by atoms with E-state index >= 15 is 0 Å². The van der Waals surface area contributed by atoms with Gasteiger partial charge >= 0.3 is 12.1 Å². The first-order valence-corrected chi connectivity index (χ1v) is 4.54. The van der Waals surface area contributed by atoms with Crippen molar-refractivity contribution >= 4 is 12.1 Å². The van der Waals surface area contributed by atoms with Crippen LogP contribution in [0.4, 0.5) is 9.59 Å². The Morgan fingerprint density at radius 1 is 1.36 bits per heavy atom. The summed E-state index contributed by atoms with van der Waals surface area (Å²) < 4.78 is 5.04. The molecular weight excluding hydrogens is 184 g/mol. The van der Waals surface area contributed by atoms with Gasteiger partial charge in [-0.3, -0.25) is 0 Å². The van der Waals surface area contributed by atoms with Crippen molar-refractivity contribution in [2.75, 3.05) is 13.6 Å². The minimum absolute atomic E-state index is 0.286. The molecule has 0 aromatic rings. The summed E-state index contributed by atoms with van der Waals surface area (Å²) in [5.74, 6) is 0. The summed E-state index contributed by atoms with van der Waals surface area (Å²) in [6.07, 6.45) is -0.626. The minimum atomic E-state index is -0.626. The molecule has 0 rings (SSSR count). The van der Waals surface area contributed by atoms with Gasteiger partial charge in [-0.05, 0) is 27.7 Å². The van der Waals surface area contributed by atoms with E-state index in [0.717, 1.165) is 4.90 Å². The summed E-state index contributed by atoms with van der Waals surface area (Å²) in [6, 6.07) is -0.457. The zero-order valence-electron chi connectivity index (χ0n) is 9.38. The summed E-state index contributed by atoms with van der Waals surface area (Å²) in [7, 11) is 1.47. The predicted octanol–water partition coefficient (Wildman–Crippen LogP) is 1.58. The summed E-state index contributed by atoms with van der Waals surface area (Å²) in [6.45, 7) is 7.25. The molecule has 0 atom stereocenters. The second-order valence-electron chi connectivity index (χ2n) is 3.78. The van der Waals surface area contributed by atoms with Crippen LogP contribution < -0.4 is 5.32 Å². The highest BCUT2D eigenvalue weighted by Gasteiger charge is 2.24. The number of carbonyl (C=O) groups is 2. The number of hydrogen-bond acceptors (Lipinski definition) is 3. The summed E-state index contributed by atoms with van der Waals surface area (Å²) in [4.78, 5) is 23.6. The number of rotatable bonds is 1. The minimum Gasteiger partial charge on any atom is -0.443 e. The van der Waals surface area contributed by atoms with Gasteiger partial charge in [-0.2, -0.15) is 0 Å². The van der Waals surface area contributed by atoms with Crippen molar-refractivity contribution in [2.45, 2.75) is 33.3 Å². The maximum absolute atomic E-state index is 11.4. The molecule has 5 nitrogen and oxygen atoms in total. The van der Waals surface area contributed by atoms with Gasteiger partial charge in [-0.15, -0.1) is 0 Å². The van der Waals surface area contributed by atoms with Gasteiger partial charge < -0.3 is 10.1 Å². The lowest BCUT2D eigenvalue weighted by Crippen LogP contribution is -2.44. The SMILES string of the molecule is CCN(C(=O)NC)C(=O)OC(C)(C)C. The number of carbonyl (C=O) groups excluding carboxylic acids is 2. The number of nitrogens with zero attached hydrogens (tertiary/aromatic N) is 1. The van der Waals surface area contributed by atoms with E-state index in [9.17, 15) is 9.59 Å². The van der Waals surface area contributed by atoms with E-state index in [-0.39, 0.29) is 6.54 Å².